The Hall–Kier alpha value is -1.56. The van der Waals surface area contributed by atoms with E-state index in [2.05, 4.69) is 17.0 Å². The monoisotopic (exact) mass is 293 g/mol. The van der Waals surface area contributed by atoms with Gasteiger partial charge in [0.15, 0.2) is 5.69 Å². The van der Waals surface area contributed by atoms with Crippen LogP contribution in [-0.4, -0.2) is 58.7 Å². The van der Waals surface area contributed by atoms with Gasteiger partial charge in [-0.2, -0.15) is 5.10 Å². The zero-order valence-electron chi connectivity index (χ0n) is 13.8. The summed E-state index contributed by atoms with van der Waals surface area (Å²) in [5.41, 5.74) is 6.19. The highest BCUT2D eigenvalue weighted by molar-refractivity contribution is 5.93. The maximum atomic E-state index is 12.6. The summed E-state index contributed by atoms with van der Waals surface area (Å²) < 4.78 is 1.71. The van der Waals surface area contributed by atoms with E-state index in [0.29, 0.717) is 11.5 Å². The Morgan fingerprint density at radius 3 is 2.43 bits per heavy atom. The number of aromatic nitrogens is 2. The average Bonchev–Trinajstić information content (AvgIpc) is 2.80. The second kappa shape index (κ2) is 5.67. The standard InChI is InChI=1S/C15H27N5O/c1-15(2,3)20-13(16)10-12(17-20)14(21)19(5)11-6-8-18(4)9-7-11/h10-11H,6-9,16H2,1-5H3. The van der Waals surface area contributed by atoms with Gasteiger partial charge in [-0.1, -0.05) is 0 Å². The summed E-state index contributed by atoms with van der Waals surface area (Å²) in [6, 6.07) is 1.97. The Morgan fingerprint density at radius 2 is 1.95 bits per heavy atom. The summed E-state index contributed by atoms with van der Waals surface area (Å²) >= 11 is 0. The van der Waals surface area contributed by atoms with Crippen molar-refractivity contribution >= 4 is 11.7 Å². The number of piperidine rings is 1. The molecule has 1 aliphatic rings. The third-order valence-corrected chi connectivity index (χ3v) is 4.15. The number of carbonyl (C=O) groups excluding carboxylic acids is 1. The average molecular weight is 293 g/mol. The molecular weight excluding hydrogens is 266 g/mol. The van der Waals surface area contributed by atoms with Crippen molar-refractivity contribution in [3.05, 3.63) is 11.8 Å². The van der Waals surface area contributed by atoms with Crippen LogP contribution in [0, 0.1) is 0 Å². The Balaban J connectivity index is 2.13. The third-order valence-electron chi connectivity index (χ3n) is 4.15. The molecule has 2 N–H and O–H groups in total. The number of rotatable bonds is 2. The van der Waals surface area contributed by atoms with Crippen LogP contribution in [0.2, 0.25) is 0 Å². The molecule has 0 radical (unpaired) electrons. The molecule has 0 bridgehead atoms. The first-order valence-electron chi connectivity index (χ1n) is 7.52. The number of hydrogen-bond acceptors (Lipinski definition) is 4. The SMILES string of the molecule is CN1CCC(N(C)C(=O)c2cc(N)n(C(C)(C)C)n2)CC1. The molecule has 0 aliphatic carbocycles. The Labute approximate surface area is 126 Å². The van der Waals surface area contributed by atoms with Crippen LogP contribution in [-0.2, 0) is 5.54 Å². The summed E-state index contributed by atoms with van der Waals surface area (Å²) in [6.45, 7) is 8.11. The van der Waals surface area contributed by atoms with Crippen LogP contribution in [0.5, 0.6) is 0 Å². The van der Waals surface area contributed by atoms with Crippen LogP contribution in [0.1, 0.15) is 44.1 Å². The molecule has 1 amide bonds. The number of nitrogens with zero attached hydrogens (tertiary/aromatic N) is 4. The molecule has 1 aromatic rings. The number of amides is 1. The molecule has 1 saturated heterocycles. The fraction of sp³-hybridized carbons (Fsp3) is 0.733. The number of likely N-dealkylation sites (tertiary alicyclic amines) is 1. The lowest BCUT2D eigenvalue weighted by Crippen LogP contribution is -2.44. The number of nitrogen functional groups attached to an aromatic ring is 1. The van der Waals surface area contributed by atoms with E-state index in [1.54, 1.807) is 10.7 Å². The van der Waals surface area contributed by atoms with Crippen molar-refractivity contribution < 1.29 is 4.79 Å². The Bertz CT molecular complexity index is 509. The zero-order chi connectivity index (χ0) is 15.8. The molecule has 0 aromatic carbocycles. The molecule has 1 fully saturated rings. The first-order chi connectivity index (χ1) is 9.70. The summed E-state index contributed by atoms with van der Waals surface area (Å²) in [5, 5.41) is 4.40. The second-order valence-corrected chi connectivity index (χ2v) is 6.99. The minimum atomic E-state index is -0.227. The molecule has 21 heavy (non-hydrogen) atoms. The van der Waals surface area contributed by atoms with Crippen molar-refractivity contribution in [3.63, 3.8) is 0 Å². The summed E-state index contributed by atoms with van der Waals surface area (Å²) in [7, 11) is 3.98. The molecule has 0 saturated carbocycles. The first-order valence-corrected chi connectivity index (χ1v) is 7.52. The minimum Gasteiger partial charge on any atom is -0.384 e. The topological polar surface area (TPSA) is 67.4 Å². The molecule has 6 heteroatoms. The number of nitrogens with two attached hydrogens (primary N) is 1. The van der Waals surface area contributed by atoms with E-state index in [9.17, 15) is 4.79 Å². The normalized spacial score (nSPS) is 18.0. The van der Waals surface area contributed by atoms with Crippen LogP contribution in [0.3, 0.4) is 0 Å². The largest absolute Gasteiger partial charge is 0.384 e. The smallest absolute Gasteiger partial charge is 0.274 e. The van der Waals surface area contributed by atoms with Crippen molar-refractivity contribution in [3.8, 4) is 0 Å². The lowest BCUT2D eigenvalue weighted by molar-refractivity contribution is 0.0652. The van der Waals surface area contributed by atoms with Gasteiger partial charge in [-0.25, -0.2) is 4.68 Å². The summed E-state index contributed by atoms with van der Waals surface area (Å²) in [5.74, 6) is 0.488. The molecule has 2 heterocycles. The van der Waals surface area contributed by atoms with Gasteiger partial charge in [0, 0.05) is 19.2 Å². The summed E-state index contributed by atoms with van der Waals surface area (Å²) in [6.07, 6.45) is 2.02. The highest BCUT2D eigenvalue weighted by Gasteiger charge is 2.27. The van der Waals surface area contributed by atoms with Crippen LogP contribution in [0.25, 0.3) is 0 Å². The molecule has 118 valence electrons. The van der Waals surface area contributed by atoms with Crippen molar-refractivity contribution in [1.82, 2.24) is 19.6 Å². The molecule has 0 spiro atoms. The zero-order valence-corrected chi connectivity index (χ0v) is 13.8. The minimum absolute atomic E-state index is 0.0424. The van der Waals surface area contributed by atoms with Crippen LogP contribution in [0.4, 0.5) is 5.82 Å². The van der Waals surface area contributed by atoms with Gasteiger partial charge in [-0.3, -0.25) is 4.79 Å². The summed E-state index contributed by atoms with van der Waals surface area (Å²) in [4.78, 5) is 16.7. The van der Waals surface area contributed by atoms with Gasteiger partial charge in [-0.15, -0.1) is 0 Å². The van der Waals surface area contributed by atoms with E-state index in [1.165, 1.54) is 0 Å². The molecular formula is C15H27N5O. The molecule has 6 nitrogen and oxygen atoms in total. The van der Waals surface area contributed by atoms with E-state index >= 15 is 0 Å². The fourth-order valence-electron chi connectivity index (χ4n) is 2.77. The number of anilines is 1. The molecule has 0 unspecified atom stereocenters. The van der Waals surface area contributed by atoms with Gasteiger partial charge in [0.25, 0.3) is 5.91 Å². The maximum absolute atomic E-state index is 12.6. The lowest BCUT2D eigenvalue weighted by Gasteiger charge is -2.34. The predicted octanol–water partition coefficient (Wildman–Crippen LogP) is 1.39. The quantitative estimate of drug-likeness (QED) is 0.894. The van der Waals surface area contributed by atoms with E-state index in [0.717, 1.165) is 25.9 Å². The van der Waals surface area contributed by atoms with Crippen molar-refractivity contribution in [2.24, 2.45) is 0 Å². The van der Waals surface area contributed by atoms with Gasteiger partial charge in [0.05, 0.1) is 5.54 Å². The van der Waals surface area contributed by atoms with Crippen molar-refractivity contribution in [2.75, 3.05) is 32.9 Å². The van der Waals surface area contributed by atoms with Crippen LogP contribution >= 0.6 is 0 Å². The number of hydrogen-bond donors (Lipinski definition) is 1. The Kier molecular flexibility index (Phi) is 4.27. The van der Waals surface area contributed by atoms with Gasteiger partial charge in [-0.05, 0) is 53.8 Å². The van der Waals surface area contributed by atoms with E-state index in [1.807, 2.05) is 32.7 Å². The van der Waals surface area contributed by atoms with E-state index in [4.69, 9.17) is 5.73 Å². The van der Waals surface area contributed by atoms with Crippen molar-refractivity contribution in [1.29, 1.82) is 0 Å². The highest BCUT2D eigenvalue weighted by Crippen LogP contribution is 2.21. The van der Waals surface area contributed by atoms with Crippen LogP contribution < -0.4 is 5.73 Å². The van der Waals surface area contributed by atoms with E-state index < -0.39 is 0 Å². The highest BCUT2D eigenvalue weighted by atomic mass is 16.2. The first kappa shape index (κ1) is 15.8. The van der Waals surface area contributed by atoms with Gasteiger partial charge >= 0.3 is 0 Å². The van der Waals surface area contributed by atoms with Gasteiger partial charge in [0.1, 0.15) is 5.82 Å². The van der Waals surface area contributed by atoms with Crippen LogP contribution in [0.15, 0.2) is 6.07 Å². The lowest BCUT2D eigenvalue weighted by atomic mass is 10.0. The van der Waals surface area contributed by atoms with Gasteiger partial charge in [0.2, 0.25) is 0 Å². The second-order valence-electron chi connectivity index (χ2n) is 6.99. The third kappa shape index (κ3) is 3.37. The number of carbonyl (C=O) groups is 1. The van der Waals surface area contributed by atoms with E-state index in [-0.39, 0.29) is 17.5 Å². The fourth-order valence-corrected chi connectivity index (χ4v) is 2.77. The molecule has 0 atom stereocenters. The predicted molar refractivity (Wildman–Crippen MR) is 84.2 cm³/mol. The maximum Gasteiger partial charge on any atom is 0.274 e. The molecule has 1 aromatic heterocycles. The molecule has 2 rings (SSSR count). The van der Waals surface area contributed by atoms with Crippen molar-refractivity contribution in [2.45, 2.75) is 45.2 Å². The Morgan fingerprint density at radius 1 is 1.38 bits per heavy atom. The molecule has 1 aliphatic heterocycles. The van der Waals surface area contributed by atoms with Gasteiger partial charge < -0.3 is 15.5 Å².